The number of carbonyl (C=O) groups is 3. The van der Waals surface area contributed by atoms with Crippen LogP contribution in [-0.4, -0.2) is 58.3 Å². The van der Waals surface area contributed by atoms with Gasteiger partial charge in [0.15, 0.2) is 5.69 Å². The van der Waals surface area contributed by atoms with Gasteiger partial charge in [-0.15, -0.1) is 0 Å². The van der Waals surface area contributed by atoms with Crippen molar-refractivity contribution in [2.45, 2.75) is 25.3 Å². The number of nitrogens with one attached hydrogen (secondary N) is 2. The lowest BCUT2D eigenvalue weighted by Crippen LogP contribution is -2.56. The normalized spacial score (nSPS) is 24.2. The van der Waals surface area contributed by atoms with Crippen LogP contribution in [0, 0.1) is 5.92 Å². The summed E-state index contributed by atoms with van der Waals surface area (Å²) in [5.41, 5.74) is 0.157. The average molecular weight is 397 g/mol. The Balaban J connectivity index is 1.49. The van der Waals surface area contributed by atoms with Crippen LogP contribution in [-0.2, 0) is 4.79 Å². The van der Waals surface area contributed by atoms with E-state index in [1.807, 2.05) is 24.3 Å². The van der Waals surface area contributed by atoms with Gasteiger partial charge in [0.2, 0.25) is 0 Å². The molecule has 2 aromatic rings. The number of likely N-dealkylation sites (tertiary alicyclic amines) is 1. The Morgan fingerprint density at radius 2 is 2.00 bits per heavy atom. The van der Waals surface area contributed by atoms with E-state index in [-0.39, 0.29) is 17.7 Å². The molecule has 4 amide bonds. The zero-order chi connectivity index (χ0) is 20.6. The molecule has 2 saturated heterocycles. The molecule has 0 saturated carbocycles. The van der Waals surface area contributed by atoms with Crippen molar-refractivity contribution in [2.75, 3.05) is 20.2 Å². The van der Waals surface area contributed by atoms with Crippen molar-refractivity contribution in [3.63, 3.8) is 0 Å². The maximum Gasteiger partial charge on any atom is 0.322 e. The van der Waals surface area contributed by atoms with Gasteiger partial charge in [0.25, 0.3) is 11.8 Å². The summed E-state index contributed by atoms with van der Waals surface area (Å²) in [6.45, 7) is 2.69. The fourth-order valence-corrected chi connectivity index (χ4v) is 3.96. The molecular formula is C20H23N5O4. The van der Waals surface area contributed by atoms with Crippen molar-refractivity contribution >= 4 is 17.8 Å². The van der Waals surface area contributed by atoms with Crippen LogP contribution in [0.5, 0.6) is 5.75 Å². The SMILES string of the molecule is COc1ccc(-n2ccc(C(=O)N3CCC[C@@H]([C@]4(C)NC(=O)NC4=O)C3)n2)cc1. The van der Waals surface area contributed by atoms with Gasteiger partial charge in [-0.25, -0.2) is 9.48 Å². The molecule has 0 aliphatic carbocycles. The van der Waals surface area contributed by atoms with Gasteiger partial charge in [-0.3, -0.25) is 14.9 Å². The van der Waals surface area contributed by atoms with Crippen LogP contribution in [0.1, 0.15) is 30.3 Å². The largest absolute Gasteiger partial charge is 0.497 e. The second kappa shape index (κ2) is 7.23. The summed E-state index contributed by atoms with van der Waals surface area (Å²) in [6, 6.07) is 8.57. The molecule has 1 aromatic heterocycles. The third kappa shape index (κ3) is 3.43. The van der Waals surface area contributed by atoms with Gasteiger partial charge in [-0.1, -0.05) is 0 Å². The van der Waals surface area contributed by atoms with Gasteiger partial charge < -0.3 is 15.0 Å². The number of hydrogen-bond donors (Lipinski definition) is 2. The van der Waals surface area contributed by atoms with Crippen molar-refractivity contribution in [3.8, 4) is 11.4 Å². The second-order valence-corrected chi connectivity index (χ2v) is 7.54. The summed E-state index contributed by atoms with van der Waals surface area (Å²) in [7, 11) is 1.60. The molecule has 152 valence electrons. The Hall–Kier alpha value is -3.36. The third-order valence-electron chi connectivity index (χ3n) is 5.74. The quantitative estimate of drug-likeness (QED) is 0.758. The molecule has 2 aliphatic heterocycles. The van der Waals surface area contributed by atoms with Crippen LogP contribution in [0.3, 0.4) is 0 Å². The highest BCUT2D eigenvalue weighted by molar-refractivity contribution is 6.07. The number of rotatable bonds is 4. The summed E-state index contributed by atoms with van der Waals surface area (Å²) >= 11 is 0. The molecule has 4 rings (SSSR count). The monoisotopic (exact) mass is 397 g/mol. The Kier molecular flexibility index (Phi) is 4.73. The summed E-state index contributed by atoms with van der Waals surface area (Å²) in [5.74, 6) is 0.0595. The van der Waals surface area contributed by atoms with Crippen molar-refractivity contribution in [2.24, 2.45) is 5.92 Å². The highest BCUT2D eigenvalue weighted by Gasteiger charge is 2.49. The Morgan fingerprint density at radius 3 is 2.66 bits per heavy atom. The molecule has 0 unspecified atom stereocenters. The van der Waals surface area contributed by atoms with Crippen LogP contribution in [0.2, 0.25) is 0 Å². The Bertz CT molecular complexity index is 954. The van der Waals surface area contributed by atoms with Gasteiger partial charge >= 0.3 is 6.03 Å². The zero-order valence-electron chi connectivity index (χ0n) is 16.3. The topological polar surface area (TPSA) is 106 Å². The van der Waals surface area contributed by atoms with E-state index >= 15 is 0 Å². The van der Waals surface area contributed by atoms with Crippen LogP contribution in [0.25, 0.3) is 5.69 Å². The van der Waals surface area contributed by atoms with Gasteiger partial charge in [0.1, 0.15) is 11.3 Å². The van der Waals surface area contributed by atoms with Crippen LogP contribution < -0.4 is 15.4 Å². The van der Waals surface area contributed by atoms with Gasteiger partial charge in [-0.2, -0.15) is 5.10 Å². The zero-order valence-corrected chi connectivity index (χ0v) is 16.3. The summed E-state index contributed by atoms with van der Waals surface area (Å²) in [5, 5.41) is 9.42. The van der Waals surface area contributed by atoms with E-state index in [0.29, 0.717) is 18.8 Å². The number of hydrogen-bond acceptors (Lipinski definition) is 5. The molecule has 9 nitrogen and oxygen atoms in total. The Morgan fingerprint density at radius 1 is 1.24 bits per heavy atom. The predicted molar refractivity (Wildman–Crippen MR) is 104 cm³/mol. The molecule has 9 heteroatoms. The molecule has 2 aliphatic rings. The molecule has 3 heterocycles. The smallest absolute Gasteiger partial charge is 0.322 e. The summed E-state index contributed by atoms with van der Waals surface area (Å²) in [4.78, 5) is 38.5. The summed E-state index contributed by atoms with van der Waals surface area (Å²) in [6.07, 6.45) is 3.25. The minimum atomic E-state index is -1.00. The van der Waals surface area contributed by atoms with Crippen LogP contribution >= 0.6 is 0 Å². The minimum absolute atomic E-state index is 0.157. The molecule has 0 bridgehead atoms. The summed E-state index contributed by atoms with van der Waals surface area (Å²) < 4.78 is 6.80. The van der Waals surface area contributed by atoms with Crippen molar-refractivity contribution in [3.05, 3.63) is 42.2 Å². The number of methoxy groups -OCH3 is 1. The first kappa shape index (κ1) is 19.0. The first-order chi connectivity index (χ1) is 13.9. The average Bonchev–Trinajstić information content (AvgIpc) is 3.32. The maximum absolute atomic E-state index is 13.0. The molecule has 1 aromatic carbocycles. The third-order valence-corrected chi connectivity index (χ3v) is 5.74. The van der Waals surface area contributed by atoms with Crippen molar-refractivity contribution < 1.29 is 19.1 Å². The molecule has 2 N–H and O–H groups in total. The Labute approximate surface area is 168 Å². The van der Waals surface area contributed by atoms with E-state index in [1.165, 1.54) is 0 Å². The number of piperidine rings is 1. The number of ether oxygens (including phenoxy) is 1. The number of aromatic nitrogens is 2. The van der Waals surface area contributed by atoms with Gasteiger partial charge in [0, 0.05) is 25.2 Å². The number of urea groups is 1. The number of benzene rings is 1. The van der Waals surface area contributed by atoms with Gasteiger partial charge in [-0.05, 0) is 50.1 Å². The van der Waals surface area contributed by atoms with E-state index in [1.54, 1.807) is 35.9 Å². The fraction of sp³-hybridized carbons (Fsp3) is 0.400. The lowest BCUT2D eigenvalue weighted by atomic mass is 9.80. The molecule has 0 radical (unpaired) electrons. The first-order valence-electron chi connectivity index (χ1n) is 9.53. The first-order valence-corrected chi connectivity index (χ1v) is 9.53. The number of carbonyl (C=O) groups excluding carboxylic acids is 3. The molecule has 0 spiro atoms. The number of amides is 4. The second-order valence-electron chi connectivity index (χ2n) is 7.54. The highest BCUT2D eigenvalue weighted by atomic mass is 16.5. The van der Waals surface area contributed by atoms with E-state index in [4.69, 9.17) is 4.74 Å². The van der Waals surface area contributed by atoms with Crippen molar-refractivity contribution in [1.29, 1.82) is 0 Å². The lowest BCUT2D eigenvalue weighted by molar-refractivity contribution is -0.125. The van der Waals surface area contributed by atoms with E-state index < -0.39 is 11.6 Å². The fourth-order valence-electron chi connectivity index (χ4n) is 3.96. The van der Waals surface area contributed by atoms with Crippen molar-refractivity contribution in [1.82, 2.24) is 25.3 Å². The predicted octanol–water partition coefficient (Wildman–Crippen LogP) is 1.33. The van der Waals surface area contributed by atoms with Crippen LogP contribution in [0.15, 0.2) is 36.5 Å². The molecule has 2 atom stereocenters. The minimum Gasteiger partial charge on any atom is -0.497 e. The van der Waals surface area contributed by atoms with E-state index in [9.17, 15) is 14.4 Å². The molecular weight excluding hydrogens is 374 g/mol. The molecule has 2 fully saturated rings. The van der Waals surface area contributed by atoms with E-state index in [0.717, 1.165) is 24.3 Å². The maximum atomic E-state index is 13.0. The van der Waals surface area contributed by atoms with Gasteiger partial charge in [0.05, 0.1) is 12.8 Å². The lowest BCUT2D eigenvalue weighted by Gasteiger charge is -2.39. The molecule has 29 heavy (non-hydrogen) atoms. The van der Waals surface area contributed by atoms with E-state index in [2.05, 4.69) is 15.7 Å². The highest BCUT2D eigenvalue weighted by Crippen LogP contribution is 2.30. The number of imide groups is 1. The number of nitrogens with zero attached hydrogens (tertiary/aromatic N) is 3. The van der Waals surface area contributed by atoms with Crippen LogP contribution in [0.4, 0.5) is 4.79 Å². The standard InChI is InChI=1S/C20H23N5O4/c1-20(18(27)21-19(28)22-20)13-4-3-10-24(12-13)17(26)16-9-11-25(23-16)14-5-7-15(29-2)8-6-14/h5-9,11,13H,3-4,10,12H2,1-2H3,(H2,21,22,27,28)/t13-,20+/m1/s1.